The molecule has 4 nitrogen and oxygen atoms in total. The van der Waals surface area contributed by atoms with E-state index >= 15 is 0 Å². The fraction of sp³-hybridized carbons (Fsp3) is 0.105. The van der Waals surface area contributed by atoms with Crippen LogP contribution in [0.1, 0.15) is 5.56 Å². The SMILES string of the molecule is CSc1nc(Sc2c(Cl)cccc2Cl)c2cnn(Cc3ccccc3)c2n1. The van der Waals surface area contributed by atoms with Gasteiger partial charge in [0.05, 0.1) is 33.1 Å². The number of aromatic nitrogens is 4. The van der Waals surface area contributed by atoms with Crippen LogP contribution in [0, 0.1) is 0 Å². The smallest absolute Gasteiger partial charge is 0.190 e. The molecule has 0 aliphatic heterocycles. The fourth-order valence-corrected chi connectivity index (χ4v) is 4.59. The van der Waals surface area contributed by atoms with E-state index in [1.807, 2.05) is 47.3 Å². The summed E-state index contributed by atoms with van der Waals surface area (Å²) in [5.41, 5.74) is 1.96. The largest absolute Gasteiger partial charge is 0.243 e. The lowest BCUT2D eigenvalue weighted by Crippen LogP contribution is -2.03. The van der Waals surface area contributed by atoms with Crippen LogP contribution in [0.2, 0.25) is 10.0 Å². The highest BCUT2D eigenvalue weighted by Gasteiger charge is 2.16. The van der Waals surface area contributed by atoms with Crippen LogP contribution in [0.3, 0.4) is 0 Å². The lowest BCUT2D eigenvalue weighted by atomic mass is 10.2. The Morgan fingerprint density at radius 2 is 1.70 bits per heavy atom. The first-order valence-electron chi connectivity index (χ1n) is 8.09. The van der Waals surface area contributed by atoms with Crippen LogP contribution in [0.4, 0.5) is 0 Å². The van der Waals surface area contributed by atoms with E-state index in [-0.39, 0.29) is 0 Å². The Hall–Kier alpha value is -1.73. The van der Waals surface area contributed by atoms with Gasteiger partial charge in [0.25, 0.3) is 0 Å². The first-order chi connectivity index (χ1) is 13.2. The summed E-state index contributed by atoms with van der Waals surface area (Å²) < 4.78 is 1.89. The molecule has 136 valence electrons. The van der Waals surface area contributed by atoms with E-state index in [1.165, 1.54) is 23.5 Å². The van der Waals surface area contributed by atoms with Gasteiger partial charge in [-0.15, -0.1) is 0 Å². The van der Waals surface area contributed by atoms with Crippen molar-refractivity contribution in [3.05, 3.63) is 70.3 Å². The van der Waals surface area contributed by atoms with Crippen molar-refractivity contribution in [2.24, 2.45) is 0 Å². The van der Waals surface area contributed by atoms with Gasteiger partial charge >= 0.3 is 0 Å². The third-order valence-corrected chi connectivity index (χ3v) is 6.47. The Labute approximate surface area is 175 Å². The van der Waals surface area contributed by atoms with Gasteiger partial charge in [-0.2, -0.15) is 5.10 Å². The lowest BCUT2D eigenvalue weighted by molar-refractivity contribution is 0.698. The zero-order chi connectivity index (χ0) is 18.8. The van der Waals surface area contributed by atoms with E-state index in [9.17, 15) is 0 Å². The Balaban J connectivity index is 1.79. The molecule has 0 saturated carbocycles. The van der Waals surface area contributed by atoms with E-state index in [4.69, 9.17) is 23.2 Å². The van der Waals surface area contributed by atoms with Gasteiger partial charge in [0.2, 0.25) is 0 Å². The zero-order valence-electron chi connectivity index (χ0n) is 14.3. The highest BCUT2D eigenvalue weighted by atomic mass is 35.5. The number of hydrogen-bond donors (Lipinski definition) is 0. The number of thioether (sulfide) groups is 1. The Morgan fingerprint density at radius 3 is 2.41 bits per heavy atom. The van der Waals surface area contributed by atoms with E-state index in [0.29, 0.717) is 21.7 Å². The van der Waals surface area contributed by atoms with Crippen LogP contribution >= 0.6 is 46.7 Å². The zero-order valence-corrected chi connectivity index (χ0v) is 17.4. The molecule has 0 N–H and O–H groups in total. The van der Waals surface area contributed by atoms with Crippen molar-refractivity contribution in [2.45, 2.75) is 21.6 Å². The van der Waals surface area contributed by atoms with Gasteiger partial charge in [-0.1, -0.05) is 83.1 Å². The summed E-state index contributed by atoms with van der Waals surface area (Å²) in [6.45, 7) is 0.645. The van der Waals surface area contributed by atoms with Crippen molar-refractivity contribution in [2.75, 3.05) is 6.26 Å². The standard InChI is InChI=1S/C19H14Cl2N4S2/c1-26-19-23-17-13(10-22-25(17)11-12-6-3-2-4-7-12)18(24-19)27-16-14(20)8-5-9-15(16)21/h2-10H,11H2,1H3. The molecule has 0 radical (unpaired) electrons. The van der Waals surface area contributed by atoms with Crippen LogP contribution in [-0.4, -0.2) is 26.0 Å². The lowest BCUT2D eigenvalue weighted by Gasteiger charge is -2.09. The first kappa shape index (κ1) is 18.6. The molecule has 4 aromatic rings. The minimum absolute atomic E-state index is 0.599. The van der Waals surface area contributed by atoms with Gasteiger partial charge in [0.15, 0.2) is 10.8 Å². The van der Waals surface area contributed by atoms with Crippen molar-refractivity contribution >= 4 is 57.8 Å². The first-order valence-corrected chi connectivity index (χ1v) is 10.9. The number of nitrogens with zero attached hydrogens (tertiary/aromatic N) is 4. The summed E-state index contributed by atoms with van der Waals surface area (Å²) in [6, 6.07) is 15.7. The minimum atomic E-state index is 0.599. The van der Waals surface area contributed by atoms with Gasteiger partial charge in [-0.3, -0.25) is 0 Å². The van der Waals surface area contributed by atoms with Crippen molar-refractivity contribution in [1.29, 1.82) is 0 Å². The molecule has 4 rings (SSSR count). The number of fused-ring (bicyclic) bond motifs is 1. The Kier molecular flexibility index (Phi) is 5.59. The molecule has 0 aliphatic carbocycles. The van der Waals surface area contributed by atoms with E-state index in [1.54, 1.807) is 6.20 Å². The Bertz CT molecular complexity index is 1080. The topological polar surface area (TPSA) is 43.6 Å². The van der Waals surface area contributed by atoms with Crippen molar-refractivity contribution in [3.63, 3.8) is 0 Å². The van der Waals surface area contributed by atoms with Crippen LogP contribution in [0.25, 0.3) is 11.0 Å². The van der Waals surface area contributed by atoms with Crippen LogP contribution in [0.5, 0.6) is 0 Å². The predicted octanol–water partition coefficient (Wildman–Crippen LogP) is 6.05. The third kappa shape index (κ3) is 3.94. The molecule has 2 heterocycles. The maximum absolute atomic E-state index is 6.34. The van der Waals surface area contributed by atoms with Gasteiger partial charge < -0.3 is 0 Å². The van der Waals surface area contributed by atoms with Gasteiger partial charge in [-0.25, -0.2) is 14.6 Å². The number of benzene rings is 2. The van der Waals surface area contributed by atoms with Crippen molar-refractivity contribution < 1.29 is 0 Å². The van der Waals surface area contributed by atoms with Crippen molar-refractivity contribution in [1.82, 2.24) is 19.7 Å². The molecule has 0 bridgehead atoms. The van der Waals surface area contributed by atoms with E-state index in [2.05, 4.69) is 27.2 Å². The summed E-state index contributed by atoms with van der Waals surface area (Å²) in [5, 5.41) is 8.09. The van der Waals surface area contributed by atoms with Gasteiger partial charge in [-0.05, 0) is 24.0 Å². The van der Waals surface area contributed by atoms with Gasteiger partial charge in [0, 0.05) is 0 Å². The molecule has 8 heteroatoms. The maximum atomic E-state index is 6.34. The summed E-state index contributed by atoms with van der Waals surface area (Å²) in [4.78, 5) is 10.1. The molecule has 0 amide bonds. The molecule has 0 fully saturated rings. The predicted molar refractivity (Wildman–Crippen MR) is 113 cm³/mol. The molecule has 27 heavy (non-hydrogen) atoms. The molecule has 0 saturated heterocycles. The van der Waals surface area contributed by atoms with E-state index < -0.39 is 0 Å². The maximum Gasteiger partial charge on any atom is 0.190 e. The molecular weight excluding hydrogens is 419 g/mol. The average molecular weight is 433 g/mol. The van der Waals surface area contributed by atoms with Crippen molar-refractivity contribution in [3.8, 4) is 0 Å². The minimum Gasteiger partial charge on any atom is -0.243 e. The fourth-order valence-electron chi connectivity index (χ4n) is 2.63. The summed E-state index contributed by atoms with van der Waals surface area (Å²) in [6.07, 6.45) is 3.76. The summed E-state index contributed by atoms with van der Waals surface area (Å²) in [5.74, 6) is 0. The molecular formula is C19H14Cl2N4S2. The quantitative estimate of drug-likeness (QED) is 0.218. The highest BCUT2D eigenvalue weighted by Crippen LogP contribution is 2.40. The monoisotopic (exact) mass is 432 g/mol. The van der Waals surface area contributed by atoms with Crippen LogP contribution < -0.4 is 0 Å². The highest BCUT2D eigenvalue weighted by molar-refractivity contribution is 8.00. The number of halogens is 2. The molecule has 2 aromatic carbocycles. The average Bonchev–Trinajstić information content (AvgIpc) is 3.08. The second-order valence-corrected chi connectivity index (χ2v) is 8.28. The van der Waals surface area contributed by atoms with Crippen LogP contribution in [0.15, 0.2) is 69.8 Å². The van der Waals surface area contributed by atoms with Gasteiger partial charge in [0.1, 0.15) is 5.03 Å². The normalized spacial score (nSPS) is 11.2. The molecule has 2 aromatic heterocycles. The number of rotatable bonds is 5. The second-order valence-electron chi connectivity index (χ2n) is 5.69. The third-order valence-electron chi connectivity index (χ3n) is 3.92. The molecule has 0 unspecified atom stereocenters. The second kappa shape index (κ2) is 8.10. The molecule has 0 spiro atoms. The van der Waals surface area contributed by atoms with E-state index in [0.717, 1.165) is 26.5 Å². The summed E-state index contributed by atoms with van der Waals surface area (Å²) >= 11 is 15.6. The Morgan fingerprint density at radius 1 is 0.963 bits per heavy atom. The summed E-state index contributed by atoms with van der Waals surface area (Å²) in [7, 11) is 0. The molecule has 0 aliphatic rings. The molecule has 0 atom stereocenters. The van der Waals surface area contributed by atoms with Crippen LogP contribution in [-0.2, 0) is 6.54 Å². The number of hydrogen-bond acceptors (Lipinski definition) is 5.